The number of hydrogen-bond donors (Lipinski definition) is 0. The van der Waals surface area contributed by atoms with Gasteiger partial charge in [-0.05, 0) is 12.1 Å². The van der Waals surface area contributed by atoms with E-state index in [0.717, 1.165) is 10.1 Å². The molecule has 0 spiro atoms. The molecule has 1 aromatic carbocycles. The van der Waals surface area contributed by atoms with Crippen molar-refractivity contribution in [2.75, 3.05) is 26.2 Å². The fourth-order valence-electron chi connectivity index (χ4n) is 2.98. The Morgan fingerprint density at radius 1 is 1.00 bits per heavy atom. The first-order valence-corrected chi connectivity index (χ1v) is 9.12. The Balaban J connectivity index is 1.47. The Morgan fingerprint density at radius 3 is 2.32 bits per heavy atom. The normalized spacial score (nSPS) is 14.9. The molecule has 0 radical (unpaired) electrons. The minimum Gasteiger partial charge on any atom is -0.472 e. The number of amides is 2. The van der Waals surface area contributed by atoms with E-state index < -0.39 is 0 Å². The van der Waals surface area contributed by atoms with Crippen LogP contribution in [-0.4, -0.2) is 47.8 Å². The summed E-state index contributed by atoms with van der Waals surface area (Å²) in [4.78, 5) is 29.2. The molecule has 7 heteroatoms. The smallest absolute Gasteiger partial charge is 0.265 e. The quantitative estimate of drug-likeness (QED) is 0.686. The molecule has 1 saturated heterocycles. The number of halogens is 1. The fourth-order valence-corrected chi connectivity index (χ4v) is 4.46. The van der Waals surface area contributed by atoms with Gasteiger partial charge in [-0.3, -0.25) is 9.59 Å². The predicted molar refractivity (Wildman–Crippen MR) is 97.4 cm³/mol. The number of thiophene rings is 1. The van der Waals surface area contributed by atoms with Crippen LogP contribution in [0.2, 0.25) is 5.02 Å². The van der Waals surface area contributed by atoms with Crippen LogP contribution in [0.15, 0.2) is 47.3 Å². The molecular formula is C18H15ClN2O3S. The zero-order chi connectivity index (χ0) is 17.4. The van der Waals surface area contributed by atoms with E-state index in [1.54, 1.807) is 15.9 Å². The highest BCUT2D eigenvalue weighted by Gasteiger charge is 2.28. The first-order valence-electron chi connectivity index (χ1n) is 7.93. The zero-order valence-corrected chi connectivity index (χ0v) is 14.8. The molecule has 0 unspecified atom stereocenters. The van der Waals surface area contributed by atoms with Crippen LogP contribution in [0.4, 0.5) is 0 Å². The maximum atomic E-state index is 12.8. The van der Waals surface area contributed by atoms with E-state index in [9.17, 15) is 9.59 Å². The van der Waals surface area contributed by atoms with E-state index in [1.807, 2.05) is 24.3 Å². The third kappa shape index (κ3) is 2.92. The standard InChI is InChI=1S/C18H15ClN2O3S/c19-15-13-3-1-2-4-14(13)25-16(15)18(23)21-8-6-20(7-9-21)17(22)12-5-10-24-11-12/h1-5,10-11H,6-9H2. The average molecular weight is 375 g/mol. The Bertz CT molecular complexity index is 927. The average Bonchev–Trinajstić information content (AvgIpc) is 3.30. The van der Waals surface area contributed by atoms with Crippen LogP contribution in [-0.2, 0) is 0 Å². The molecule has 1 fully saturated rings. The van der Waals surface area contributed by atoms with Gasteiger partial charge in [0.25, 0.3) is 11.8 Å². The molecule has 4 rings (SSSR count). The van der Waals surface area contributed by atoms with Crippen LogP contribution in [0.5, 0.6) is 0 Å². The van der Waals surface area contributed by atoms with E-state index in [1.165, 1.54) is 23.9 Å². The monoisotopic (exact) mass is 374 g/mol. The van der Waals surface area contributed by atoms with Gasteiger partial charge < -0.3 is 14.2 Å². The first-order chi connectivity index (χ1) is 12.1. The van der Waals surface area contributed by atoms with E-state index in [-0.39, 0.29) is 11.8 Å². The van der Waals surface area contributed by atoms with E-state index in [0.29, 0.717) is 41.6 Å². The molecule has 3 aromatic rings. The minimum absolute atomic E-state index is 0.0680. The highest BCUT2D eigenvalue weighted by molar-refractivity contribution is 7.21. The third-order valence-electron chi connectivity index (χ3n) is 4.35. The van der Waals surface area contributed by atoms with Gasteiger partial charge in [-0.25, -0.2) is 0 Å². The molecule has 0 aliphatic carbocycles. The number of rotatable bonds is 2. The van der Waals surface area contributed by atoms with Gasteiger partial charge in [0.1, 0.15) is 11.1 Å². The molecule has 1 aliphatic heterocycles. The van der Waals surface area contributed by atoms with Crippen LogP contribution in [0.25, 0.3) is 10.1 Å². The molecule has 128 valence electrons. The van der Waals surface area contributed by atoms with Crippen molar-refractivity contribution in [2.45, 2.75) is 0 Å². The maximum absolute atomic E-state index is 12.8. The van der Waals surface area contributed by atoms with Crippen LogP contribution in [0.3, 0.4) is 0 Å². The summed E-state index contributed by atoms with van der Waals surface area (Å²) < 4.78 is 5.96. The third-order valence-corrected chi connectivity index (χ3v) is 6.01. The van der Waals surface area contributed by atoms with Crippen molar-refractivity contribution in [3.8, 4) is 0 Å². The summed E-state index contributed by atoms with van der Waals surface area (Å²) in [7, 11) is 0. The van der Waals surface area contributed by atoms with Crippen LogP contribution in [0.1, 0.15) is 20.0 Å². The highest BCUT2D eigenvalue weighted by Crippen LogP contribution is 2.36. The lowest BCUT2D eigenvalue weighted by molar-refractivity contribution is 0.0538. The second-order valence-electron chi connectivity index (χ2n) is 5.84. The second kappa shape index (κ2) is 6.54. The van der Waals surface area contributed by atoms with E-state index in [2.05, 4.69) is 0 Å². The van der Waals surface area contributed by atoms with Gasteiger partial charge in [-0.1, -0.05) is 29.8 Å². The van der Waals surface area contributed by atoms with Gasteiger partial charge in [-0.2, -0.15) is 0 Å². The Labute approximate surface area is 153 Å². The predicted octanol–water partition coefficient (Wildman–Crippen LogP) is 3.75. The molecule has 3 heterocycles. The van der Waals surface area contributed by atoms with Crippen molar-refractivity contribution in [3.05, 3.63) is 58.3 Å². The number of hydrogen-bond acceptors (Lipinski definition) is 4. The molecule has 0 bridgehead atoms. The Hall–Kier alpha value is -2.31. The maximum Gasteiger partial charge on any atom is 0.265 e. The Morgan fingerprint density at radius 2 is 1.68 bits per heavy atom. The summed E-state index contributed by atoms with van der Waals surface area (Å²) >= 11 is 7.82. The number of benzene rings is 1. The van der Waals surface area contributed by atoms with Gasteiger partial charge in [-0.15, -0.1) is 11.3 Å². The SMILES string of the molecule is O=C(c1ccoc1)N1CCN(C(=O)c2sc3ccccc3c2Cl)CC1. The zero-order valence-electron chi connectivity index (χ0n) is 13.3. The number of nitrogens with zero attached hydrogens (tertiary/aromatic N) is 2. The molecule has 25 heavy (non-hydrogen) atoms. The number of fused-ring (bicyclic) bond motifs is 1. The van der Waals surface area contributed by atoms with Crippen molar-refractivity contribution in [1.82, 2.24) is 9.80 Å². The largest absolute Gasteiger partial charge is 0.472 e. The topological polar surface area (TPSA) is 53.8 Å². The number of furan rings is 1. The minimum atomic E-state index is -0.0688. The van der Waals surface area contributed by atoms with E-state index in [4.69, 9.17) is 16.0 Å². The summed E-state index contributed by atoms with van der Waals surface area (Å²) in [5.74, 6) is -0.137. The molecule has 2 amide bonds. The number of carbonyl (C=O) groups is 2. The Kier molecular flexibility index (Phi) is 4.23. The fraction of sp³-hybridized carbons (Fsp3) is 0.222. The van der Waals surface area contributed by atoms with Crippen molar-refractivity contribution >= 4 is 44.8 Å². The van der Waals surface area contributed by atoms with Crippen molar-refractivity contribution < 1.29 is 14.0 Å². The number of piperazine rings is 1. The summed E-state index contributed by atoms with van der Waals surface area (Å²) in [6, 6.07) is 9.38. The second-order valence-corrected chi connectivity index (χ2v) is 7.27. The summed E-state index contributed by atoms with van der Waals surface area (Å²) in [6.07, 6.45) is 2.92. The lowest BCUT2D eigenvalue weighted by Gasteiger charge is -2.34. The van der Waals surface area contributed by atoms with Gasteiger partial charge in [0.2, 0.25) is 0 Å². The molecule has 5 nitrogen and oxygen atoms in total. The molecule has 0 atom stereocenters. The summed E-state index contributed by atoms with van der Waals surface area (Å²) in [6.45, 7) is 1.98. The highest BCUT2D eigenvalue weighted by atomic mass is 35.5. The van der Waals surface area contributed by atoms with E-state index >= 15 is 0 Å². The molecule has 0 saturated carbocycles. The van der Waals surface area contributed by atoms with Crippen LogP contribution in [0, 0.1) is 0 Å². The summed E-state index contributed by atoms with van der Waals surface area (Å²) in [5, 5.41) is 1.42. The van der Waals surface area contributed by atoms with Gasteiger partial charge in [0.05, 0.1) is 16.8 Å². The molecular weight excluding hydrogens is 360 g/mol. The van der Waals surface area contributed by atoms with Crippen molar-refractivity contribution in [3.63, 3.8) is 0 Å². The van der Waals surface area contributed by atoms with Gasteiger partial charge >= 0.3 is 0 Å². The van der Waals surface area contributed by atoms with Gasteiger partial charge in [0.15, 0.2) is 0 Å². The number of carbonyl (C=O) groups excluding carboxylic acids is 2. The van der Waals surface area contributed by atoms with Crippen molar-refractivity contribution in [2.24, 2.45) is 0 Å². The molecule has 2 aromatic heterocycles. The lowest BCUT2D eigenvalue weighted by Crippen LogP contribution is -2.50. The lowest BCUT2D eigenvalue weighted by atomic mass is 10.2. The van der Waals surface area contributed by atoms with Crippen LogP contribution >= 0.6 is 22.9 Å². The van der Waals surface area contributed by atoms with Gasteiger partial charge in [0, 0.05) is 36.3 Å². The first kappa shape index (κ1) is 16.2. The molecule has 1 aliphatic rings. The molecule has 0 N–H and O–H groups in total. The van der Waals surface area contributed by atoms with Crippen molar-refractivity contribution in [1.29, 1.82) is 0 Å². The van der Waals surface area contributed by atoms with Crippen LogP contribution < -0.4 is 0 Å². The summed E-state index contributed by atoms with van der Waals surface area (Å²) in [5.41, 5.74) is 0.535.